The predicted molar refractivity (Wildman–Crippen MR) is 116 cm³/mol. The lowest BCUT2D eigenvalue weighted by molar-refractivity contribution is -0.117. The zero-order valence-electron chi connectivity index (χ0n) is 18.0. The molecule has 0 aliphatic rings. The molecule has 0 bridgehead atoms. The van der Waals surface area contributed by atoms with Gasteiger partial charge in [-0.05, 0) is 35.2 Å². The highest BCUT2D eigenvalue weighted by Crippen LogP contribution is 2.32. The van der Waals surface area contributed by atoms with Crippen LogP contribution < -0.4 is 19.7 Å². The Hall–Kier alpha value is -3.02. The van der Waals surface area contributed by atoms with Crippen molar-refractivity contribution in [1.29, 1.82) is 0 Å². The Bertz CT molecular complexity index is 854. The Morgan fingerprint density at radius 2 is 1.66 bits per heavy atom. The fourth-order valence-corrected chi connectivity index (χ4v) is 2.95. The Kier molecular flexibility index (Phi) is 7.26. The molecule has 0 radical (unpaired) electrons. The summed E-state index contributed by atoms with van der Waals surface area (Å²) in [6, 6.07) is 13.0. The normalized spacial score (nSPS) is 11.0. The first kappa shape index (κ1) is 22.3. The summed E-state index contributed by atoms with van der Waals surface area (Å²) in [5.74, 6) is 0.811. The number of hydrogen-bond donors (Lipinski definition) is 1. The summed E-state index contributed by atoms with van der Waals surface area (Å²) in [4.78, 5) is 26.1. The van der Waals surface area contributed by atoms with E-state index in [1.165, 1.54) is 24.5 Å². The number of carbonyl (C=O) groups is 2. The largest absolute Gasteiger partial charge is 0.497 e. The Morgan fingerprint density at radius 3 is 2.17 bits per heavy atom. The van der Waals surface area contributed by atoms with Crippen molar-refractivity contribution in [3.8, 4) is 11.5 Å². The third-order valence-electron chi connectivity index (χ3n) is 4.65. The van der Waals surface area contributed by atoms with Crippen LogP contribution in [0, 0.1) is 0 Å². The molecule has 0 spiro atoms. The van der Waals surface area contributed by atoms with Crippen LogP contribution in [-0.2, 0) is 15.0 Å². The molecule has 1 N–H and O–H groups in total. The minimum atomic E-state index is -0.171. The SMILES string of the molecule is COc1ccc(N(CCC(=O)Nc2ccc(C(C)(C)C)cc2)C(C)=O)c(OC)c1. The minimum Gasteiger partial charge on any atom is -0.497 e. The van der Waals surface area contributed by atoms with Gasteiger partial charge in [0.1, 0.15) is 11.5 Å². The number of nitrogens with one attached hydrogen (secondary N) is 1. The summed E-state index contributed by atoms with van der Waals surface area (Å²) in [5.41, 5.74) is 2.59. The first-order chi connectivity index (χ1) is 13.7. The van der Waals surface area contributed by atoms with Crippen LogP contribution in [0.15, 0.2) is 42.5 Å². The topological polar surface area (TPSA) is 67.9 Å². The molecule has 0 saturated heterocycles. The fraction of sp³-hybridized carbons (Fsp3) is 0.391. The first-order valence-corrected chi connectivity index (χ1v) is 9.56. The molecule has 0 aliphatic carbocycles. The molecular weight excluding hydrogens is 368 g/mol. The van der Waals surface area contributed by atoms with Gasteiger partial charge >= 0.3 is 0 Å². The second-order valence-electron chi connectivity index (χ2n) is 7.83. The highest BCUT2D eigenvalue weighted by molar-refractivity contribution is 5.95. The van der Waals surface area contributed by atoms with E-state index >= 15 is 0 Å². The lowest BCUT2D eigenvalue weighted by Gasteiger charge is -2.23. The Labute approximate surface area is 172 Å². The van der Waals surface area contributed by atoms with Crippen LogP contribution in [0.2, 0.25) is 0 Å². The van der Waals surface area contributed by atoms with Crippen LogP contribution in [0.1, 0.15) is 39.7 Å². The van der Waals surface area contributed by atoms with Crippen molar-refractivity contribution < 1.29 is 19.1 Å². The van der Waals surface area contributed by atoms with Crippen molar-refractivity contribution >= 4 is 23.2 Å². The lowest BCUT2D eigenvalue weighted by Crippen LogP contribution is -2.32. The average Bonchev–Trinajstić information content (AvgIpc) is 2.67. The maximum absolute atomic E-state index is 12.4. The molecule has 0 atom stereocenters. The van der Waals surface area contributed by atoms with E-state index < -0.39 is 0 Å². The van der Waals surface area contributed by atoms with E-state index in [1.54, 1.807) is 25.3 Å². The fourth-order valence-electron chi connectivity index (χ4n) is 2.95. The molecule has 2 aromatic rings. The molecule has 29 heavy (non-hydrogen) atoms. The number of methoxy groups -OCH3 is 2. The van der Waals surface area contributed by atoms with Crippen molar-refractivity contribution in [2.75, 3.05) is 31.0 Å². The zero-order chi connectivity index (χ0) is 21.6. The van der Waals surface area contributed by atoms with Crippen molar-refractivity contribution in [3.05, 3.63) is 48.0 Å². The molecule has 0 heterocycles. The van der Waals surface area contributed by atoms with Gasteiger partial charge in [-0.2, -0.15) is 0 Å². The van der Waals surface area contributed by atoms with Gasteiger partial charge in [0.2, 0.25) is 11.8 Å². The van der Waals surface area contributed by atoms with E-state index in [9.17, 15) is 9.59 Å². The standard InChI is InChI=1S/C23H30N2O4/c1-16(26)25(20-12-11-19(28-5)15-21(20)29-6)14-13-22(27)24-18-9-7-17(8-10-18)23(2,3)4/h7-12,15H,13-14H2,1-6H3,(H,24,27). The third-order valence-corrected chi connectivity index (χ3v) is 4.65. The number of nitrogens with zero attached hydrogens (tertiary/aromatic N) is 1. The number of benzene rings is 2. The van der Waals surface area contributed by atoms with Gasteiger partial charge in [0.15, 0.2) is 0 Å². The quantitative estimate of drug-likeness (QED) is 0.751. The second-order valence-corrected chi connectivity index (χ2v) is 7.83. The summed E-state index contributed by atoms with van der Waals surface area (Å²) in [5, 5.41) is 2.89. The molecule has 6 nitrogen and oxygen atoms in total. The van der Waals surface area contributed by atoms with E-state index in [4.69, 9.17) is 9.47 Å². The van der Waals surface area contributed by atoms with Crippen LogP contribution in [0.25, 0.3) is 0 Å². The smallest absolute Gasteiger partial charge is 0.226 e. The molecular formula is C23H30N2O4. The van der Waals surface area contributed by atoms with Crippen molar-refractivity contribution in [1.82, 2.24) is 0 Å². The summed E-state index contributed by atoms with van der Waals surface area (Å²) >= 11 is 0. The minimum absolute atomic E-state index is 0.0575. The molecule has 156 valence electrons. The van der Waals surface area contributed by atoms with Crippen LogP contribution in [0.3, 0.4) is 0 Å². The number of amides is 2. The second kappa shape index (κ2) is 9.45. The number of anilines is 2. The van der Waals surface area contributed by atoms with Crippen molar-refractivity contribution in [2.24, 2.45) is 0 Å². The van der Waals surface area contributed by atoms with Crippen molar-refractivity contribution in [3.63, 3.8) is 0 Å². The van der Waals surface area contributed by atoms with Crippen LogP contribution in [0.4, 0.5) is 11.4 Å². The lowest BCUT2D eigenvalue weighted by atomic mass is 9.87. The Morgan fingerprint density at radius 1 is 1.00 bits per heavy atom. The van der Waals surface area contributed by atoms with Gasteiger partial charge in [-0.15, -0.1) is 0 Å². The van der Waals surface area contributed by atoms with E-state index in [0.717, 1.165) is 5.69 Å². The Balaban J connectivity index is 2.05. The molecule has 0 aliphatic heterocycles. The molecule has 0 aromatic heterocycles. The summed E-state index contributed by atoms with van der Waals surface area (Å²) < 4.78 is 10.6. The molecule has 6 heteroatoms. The molecule has 0 fully saturated rings. The first-order valence-electron chi connectivity index (χ1n) is 9.56. The summed E-state index contributed by atoms with van der Waals surface area (Å²) in [6.07, 6.45) is 0.162. The maximum Gasteiger partial charge on any atom is 0.226 e. The zero-order valence-corrected chi connectivity index (χ0v) is 18.0. The highest BCUT2D eigenvalue weighted by atomic mass is 16.5. The van der Waals surface area contributed by atoms with Crippen LogP contribution in [0.5, 0.6) is 11.5 Å². The summed E-state index contributed by atoms with van der Waals surface area (Å²) in [7, 11) is 3.10. The van der Waals surface area contributed by atoms with Gasteiger partial charge in [0.05, 0.1) is 19.9 Å². The molecule has 2 rings (SSSR count). The number of ether oxygens (including phenoxy) is 2. The van der Waals surface area contributed by atoms with Crippen LogP contribution >= 0.6 is 0 Å². The number of hydrogen-bond acceptors (Lipinski definition) is 4. The van der Waals surface area contributed by atoms with Crippen LogP contribution in [-0.4, -0.2) is 32.6 Å². The van der Waals surface area contributed by atoms with E-state index in [-0.39, 0.29) is 30.2 Å². The molecule has 0 unspecified atom stereocenters. The van der Waals surface area contributed by atoms with Gasteiger partial charge in [-0.3, -0.25) is 9.59 Å². The average molecular weight is 399 g/mol. The van der Waals surface area contributed by atoms with Crippen molar-refractivity contribution in [2.45, 2.75) is 39.5 Å². The third kappa shape index (κ3) is 5.98. The van der Waals surface area contributed by atoms with E-state index in [0.29, 0.717) is 17.2 Å². The van der Waals surface area contributed by atoms with E-state index in [1.807, 2.05) is 24.3 Å². The molecule has 2 aromatic carbocycles. The van der Waals surface area contributed by atoms with Gasteiger partial charge in [0.25, 0.3) is 0 Å². The van der Waals surface area contributed by atoms with Gasteiger partial charge < -0.3 is 19.7 Å². The molecule has 0 saturated carbocycles. The monoisotopic (exact) mass is 398 g/mol. The van der Waals surface area contributed by atoms with E-state index in [2.05, 4.69) is 26.1 Å². The number of carbonyl (C=O) groups excluding carboxylic acids is 2. The predicted octanol–water partition coefficient (Wildman–Crippen LogP) is 4.38. The maximum atomic E-state index is 12.4. The van der Waals surface area contributed by atoms with Gasteiger partial charge in [-0.25, -0.2) is 0 Å². The van der Waals surface area contributed by atoms with Gasteiger partial charge in [-0.1, -0.05) is 32.9 Å². The highest BCUT2D eigenvalue weighted by Gasteiger charge is 2.18. The number of rotatable bonds is 7. The summed E-state index contributed by atoms with van der Waals surface area (Å²) in [6.45, 7) is 8.13. The molecule has 2 amide bonds. The van der Waals surface area contributed by atoms with Gasteiger partial charge in [0, 0.05) is 31.6 Å².